The summed E-state index contributed by atoms with van der Waals surface area (Å²) >= 11 is 1.79. The van der Waals surface area contributed by atoms with Crippen LogP contribution in [-0.4, -0.2) is 28.3 Å². The van der Waals surface area contributed by atoms with Gasteiger partial charge in [-0.05, 0) is 19.2 Å². The van der Waals surface area contributed by atoms with E-state index in [0.717, 1.165) is 11.3 Å². The van der Waals surface area contributed by atoms with Crippen molar-refractivity contribution in [3.63, 3.8) is 0 Å². The third kappa shape index (κ3) is 4.01. The Hall–Kier alpha value is -0.870. The van der Waals surface area contributed by atoms with E-state index in [0.29, 0.717) is 12.6 Å². The molecule has 1 aromatic rings. The second-order valence-electron chi connectivity index (χ2n) is 3.55. The van der Waals surface area contributed by atoms with Crippen molar-refractivity contribution in [1.82, 2.24) is 5.32 Å². The van der Waals surface area contributed by atoms with E-state index in [1.807, 2.05) is 0 Å². The van der Waals surface area contributed by atoms with E-state index in [4.69, 9.17) is 5.11 Å². The normalized spacial score (nSPS) is 12.7. The molecule has 0 aliphatic heterocycles. The zero-order chi connectivity index (χ0) is 11.3. The van der Waals surface area contributed by atoms with Crippen molar-refractivity contribution in [2.75, 3.05) is 12.0 Å². The fourth-order valence-corrected chi connectivity index (χ4v) is 1.91. The highest BCUT2D eigenvalue weighted by atomic mass is 32.2. The van der Waals surface area contributed by atoms with Crippen LogP contribution in [0.25, 0.3) is 0 Å². The second kappa shape index (κ2) is 5.88. The molecule has 0 saturated carbocycles. The highest BCUT2D eigenvalue weighted by Crippen LogP contribution is 2.22. The lowest BCUT2D eigenvalue weighted by Crippen LogP contribution is -2.27. The van der Waals surface area contributed by atoms with Crippen molar-refractivity contribution in [3.8, 4) is 11.5 Å². The first-order valence-corrected chi connectivity index (χ1v) is 6.26. The van der Waals surface area contributed by atoms with Gasteiger partial charge >= 0.3 is 0 Å². The summed E-state index contributed by atoms with van der Waals surface area (Å²) in [5, 5.41) is 21.9. The van der Waals surface area contributed by atoms with Crippen LogP contribution in [0.3, 0.4) is 0 Å². The molecule has 0 heterocycles. The SMILES string of the molecule is CSCC(C)NCc1ccc(O)cc1O. The zero-order valence-corrected chi connectivity index (χ0v) is 9.84. The van der Waals surface area contributed by atoms with E-state index >= 15 is 0 Å². The molecule has 1 aromatic carbocycles. The summed E-state index contributed by atoms with van der Waals surface area (Å²) in [7, 11) is 0. The Balaban J connectivity index is 2.50. The third-order valence-electron chi connectivity index (χ3n) is 2.13. The summed E-state index contributed by atoms with van der Waals surface area (Å²) < 4.78 is 0. The molecule has 0 bridgehead atoms. The number of phenolic OH excluding ortho intramolecular Hbond substituents is 2. The summed E-state index contributed by atoms with van der Waals surface area (Å²) in [5.74, 6) is 1.27. The molecule has 0 spiro atoms. The molecule has 84 valence electrons. The number of hydrogen-bond acceptors (Lipinski definition) is 4. The molecule has 3 nitrogen and oxygen atoms in total. The van der Waals surface area contributed by atoms with Crippen LogP contribution in [0.2, 0.25) is 0 Å². The highest BCUT2D eigenvalue weighted by Gasteiger charge is 2.04. The van der Waals surface area contributed by atoms with Crippen LogP contribution < -0.4 is 5.32 Å². The maximum atomic E-state index is 9.53. The van der Waals surface area contributed by atoms with Crippen molar-refractivity contribution in [2.45, 2.75) is 19.5 Å². The summed E-state index contributed by atoms with van der Waals surface area (Å²) in [4.78, 5) is 0. The second-order valence-corrected chi connectivity index (χ2v) is 4.46. The maximum Gasteiger partial charge on any atom is 0.123 e. The van der Waals surface area contributed by atoms with Crippen molar-refractivity contribution < 1.29 is 10.2 Å². The Morgan fingerprint density at radius 2 is 2.13 bits per heavy atom. The molecule has 0 saturated heterocycles. The van der Waals surface area contributed by atoms with Gasteiger partial charge in [0, 0.05) is 30.0 Å². The molecule has 15 heavy (non-hydrogen) atoms. The van der Waals surface area contributed by atoms with Crippen LogP contribution in [0.5, 0.6) is 11.5 Å². The van der Waals surface area contributed by atoms with E-state index in [1.54, 1.807) is 23.9 Å². The van der Waals surface area contributed by atoms with Gasteiger partial charge in [-0.3, -0.25) is 0 Å². The van der Waals surface area contributed by atoms with E-state index in [-0.39, 0.29) is 11.5 Å². The number of hydrogen-bond donors (Lipinski definition) is 3. The van der Waals surface area contributed by atoms with Crippen molar-refractivity contribution >= 4 is 11.8 Å². The van der Waals surface area contributed by atoms with Gasteiger partial charge in [-0.25, -0.2) is 0 Å². The van der Waals surface area contributed by atoms with Crippen LogP contribution in [0.15, 0.2) is 18.2 Å². The molecule has 1 unspecified atom stereocenters. The average molecular weight is 227 g/mol. The van der Waals surface area contributed by atoms with Crippen LogP contribution >= 0.6 is 11.8 Å². The quantitative estimate of drug-likeness (QED) is 0.719. The molecule has 0 aromatic heterocycles. The zero-order valence-electron chi connectivity index (χ0n) is 9.03. The lowest BCUT2D eigenvalue weighted by Gasteiger charge is -2.13. The van der Waals surface area contributed by atoms with Crippen molar-refractivity contribution in [2.24, 2.45) is 0 Å². The molecular formula is C11H17NO2S. The monoisotopic (exact) mass is 227 g/mol. The molecule has 0 aliphatic carbocycles. The van der Waals surface area contributed by atoms with Gasteiger partial charge in [0.15, 0.2) is 0 Å². The van der Waals surface area contributed by atoms with Gasteiger partial charge in [0.1, 0.15) is 11.5 Å². The summed E-state index contributed by atoms with van der Waals surface area (Å²) in [6, 6.07) is 5.07. The molecule has 4 heteroatoms. The number of thioether (sulfide) groups is 1. The molecule has 3 N–H and O–H groups in total. The van der Waals surface area contributed by atoms with Crippen molar-refractivity contribution in [1.29, 1.82) is 0 Å². The molecule has 1 atom stereocenters. The topological polar surface area (TPSA) is 52.5 Å². The van der Waals surface area contributed by atoms with E-state index < -0.39 is 0 Å². The van der Waals surface area contributed by atoms with Crippen LogP contribution in [0, 0.1) is 0 Å². The molecule has 0 aliphatic rings. The Kier molecular flexibility index (Phi) is 4.78. The standard InChI is InChI=1S/C11H17NO2S/c1-8(7-15-2)12-6-9-3-4-10(13)5-11(9)14/h3-5,8,12-14H,6-7H2,1-2H3. The molecule has 1 rings (SSSR count). The van der Waals surface area contributed by atoms with Gasteiger partial charge in [0.25, 0.3) is 0 Å². The van der Waals surface area contributed by atoms with Crippen LogP contribution in [-0.2, 0) is 6.54 Å². The summed E-state index contributed by atoms with van der Waals surface area (Å²) in [6.07, 6.45) is 2.07. The van der Waals surface area contributed by atoms with Crippen LogP contribution in [0.4, 0.5) is 0 Å². The number of phenols is 2. The molecule has 0 fully saturated rings. The van der Waals surface area contributed by atoms with Gasteiger partial charge in [-0.15, -0.1) is 0 Å². The van der Waals surface area contributed by atoms with E-state index in [1.165, 1.54) is 6.07 Å². The van der Waals surface area contributed by atoms with E-state index in [2.05, 4.69) is 18.5 Å². The van der Waals surface area contributed by atoms with Gasteiger partial charge in [-0.1, -0.05) is 6.07 Å². The lowest BCUT2D eigenvalue weighted by molar-refractivity contribution is 0.442. The Morgan fingerprint density at radius 3 is 2.73 bits per heavy atom. The number of nitrogens with one attached hydrogen (secondary N) is 1. The minimum atomic E-state index is 0.0911. The minimum Gasteiger partial charge on any atom is -0.508 e. The number of benzene rings is 1. The predicted molar refractivity (Wildman–Crippen MR) is 64.5 cm³/mol. The first-order chi connectivity index (χ1) is 7.13. The Morgan fingerprint density at radius 1 is 1.40 bits per heavy atom. The van der Waals surface area contributed by atoms with Gasteiger partial charge in [0.2, 0.25) is 0 Å². The van der Waals surface area contributed by atoms with Crippen molar-refractivity contribution in [3.05, 3.63) is 23.8 Å². The summed E-state index contributed by atoms with van der Waals surface area (Å²) in [5.41, 5.74) is 0.806. The summed E-state index contributed by atoms with van der Waals surface area (Å²) in [6.45, 7) is 2.72. The largest absolute Gasteiger partial charge is 0.508 e. The Labute approximate surface area is 94.5 Å². The van der Waals surface area contributed by atoms with Gasteiger partial charge < -0.3 is 15.5 Å². The number of rotatable bonds is 5. The first kappa shape index (κ1) is 12.2. The minimum absolute atomic E-state index is 0.0911. The fraction of sp³-hybridized carbons (Fsp3) is 0.455. The number of aromatic hydroxyl groups is 2. The molecular weight excluding hydrogens is 210 g/mol. The third-order valence-corrected chi connectivity index (χ3v) is 2.96. The maximum absolute atomic E-state index is 9.53. The van der Waals surface area contributed by atoms with Crippen LogP contribution in [0.1, 0.15) is 12.5 Å². The predicted octanol–water partition coefficient (Wildman–Crippen LogP) is 1.94. The Bertz CT molecular complexity index is 317. The average Bonchev–Trinajstić information content (AvgIpc) is 2.17. The fourth-order valence-electron chi connectivity index (χ4n) is 1.29. The van der Waals surface area contributed by atoms with Gasteiger partial charge in [0.05, 0.1) is 0 Å². The first-order valence-electron chi connectivity index (χ1n) is 4.86. The molecule has 0 amide bonds. The van der Waals surface area contributed by atoms with Gasteiger partial charge in [-0.2, -0.15) is 11.8 Å². The molecule has 0 radical (unpaired) electrons. The lowest BCUT2D eigenvalue weighted by atomic mass is 10.2. The highest BCUT2D eigenvalue weighted by molar-refractivity contribution is 7.98. The smallest absolute Gasteiger partial charge is 0.123 e. The van der Waals surface area contributed by atoms with E-state index in [9.17, 15) is 5.11 Å².